The first-order valence-electron chi connectivity index (χ1n) is 5.33. The number of allylic oxidation sites excluding steroid dienone is 1. The molecule has 0 amide bonds. The van der Waals surface area contributed by atoms with Crippen LogP contribution in [0.1, 0.15) is 13.8 Å². The summed E-state index contributed by atoms with van der Waals surface area (Å²) < 4.78 is 4.71. The molecule has 0 spiro atoms. The minimum absolute atomic E-state index is 0.0694. The van der Waals surface area contributed by atoms with E-state index in [2.05, 4.69) is 10.2 Å². The molecule has 0 aliphatic heterocycles. The Hall–Kier alpha value is -2.37. The second-order valence-corrected chi connectivity index (χ2v) is 3.34. The van der Waals surface area contributed by atoms with Gasteiger partial charge in [-0.05, 0) is 26.0 Å². The lowest BCUT2D eigenvalue weighted by atomic mass is 10.3. The van der Waals surface area contributed by atoms with Gasteiger partial charge >= 0.3 is 5.97 Å². The monoisotopic (exact) mass is 250 g/mol. The largest absolute Gasteiger partial charge is 0.510 e. The fraction of sp³-hybridized carbons (Fsp3) is 0.250. The van der Waals surface area contributed by atoms with Gasteiger partial charge in [-0.25, -0.2) is 4.79 Å². The lowest BCUT2D eigenvalue weighted by molar-refractivity contribution is -0.138. The van der Waals surface area contributed by atoms with Crippen molar-refractivity contribution < 1.29 is 19.7 Å². The van der Waals surface area contributed by atoms with Crippen LogP contribution < -0.4 is 0 Å². The van der Waals surface area contributed by atoms with Gasteiger partial charge in [-0.3, -0.25) is 0 Å². The molecular formula is C12H14N2O4. The maximum atomic E-state index is 11.4. The van der Waals surface area contributed by atoms with Crippen LogP contribution >= 0.6 is 0 Å². The van der Waals surface area contributed by atoms with E-state index in [1.54, 1.807) is 19.1 Å². The number of azo groups is 1. The number of phenols is 1. The molecule has 0 bridgehead atoms. The zero-order chi connectivity index (χ0) is 13.5. The summed E-state index contributed by atoms with van der Waals surface area (Å²) in [5.41, 5.74) is -0.0966. The lowest BCUT2D eigenvalue weighted by Crippen LogP contribution is -2.07. The number of rotatable bonds is 4. The highest BCUT2D eigenvalue weighted by atomic mass is 16.5. The van der Waals surface area contributed by atoms with Gasteiger partial charge in [-0.2, -0.15) is 0 Å². The number of aromatic hydroxyl groups is 1. The summed E-state index contributed by atoms with van der Waals surface area (Å²) in [5.74, 6) is -1.13. The number of carbonyl (C=O) groups excluding carboxylic acids is 1. The van der Waals surface area contributed by atoms with Crippen LogP contribution in [-0.4, -0.2) is 22.8 Å². The van der Waals surface area contributed by atoms with Crippen molar-refractivity contribution >= 4 is 11.7 Å². The minimum atomic E-state index is -0.767. The van der Waals surface area contributed by atoms with Crippen molar-refractivity contribution in [3.05, 3.63) is 35.7 Å². The number of hydrogen-bond donors (Lipinski definition) is 2. The molecular weight excluding hydrogens is 236 g/mol. The van der Waals surface area contributed by atoms with Gasteiger partial charge in [0.15, 0.2) is 0 Å². The SMILES string of the molecule is CCOC(=O)C(N=Nc1ccccc1O)=C(C)O. The summed E-state index contributed by atoms with van der Waals surface area (Å²) in [4.78, 5) is 11.4. The molecule has 0 radical (unpaired) electrons. The standard InChI is InChI=1S/C12H14N2O4/c1-3-18-12(17)11(8(2)15)14-13-9-6-4-5-7-10(9)16/h4-7,15-16H,3H2,1-2H3. The third-order valence-electron chi connectivity index (χ3n) is 1.95. The summed E-state index contributed by atoms with van der Waals surface area (Å²) in [6.07, 6.45) is 0. The molecule has 1 aromatic carbocycles. The Morgan fingerprint density at radius 2 is 2.06 bits per heavy atom. The Kier molecular flexibility index (Phi) is 4.86. The van der Waals surface area contributed by atoms with E-state index in [9.17, 15) is 15.0 Å². The number of hydrogen-bond acceptors (Lipinski definition) is 6. The number of ether oxygens (including phenoxy) is 1. The lowest BCUT2D eigenvalue weighted by Gasteiger charge is -2.02. The molecule has 0 saturated carbocycles. The van der Waals surface area contributed by atoms with Crippen LogP contribution in [0.3, 0.4) is 0 Å². The van der Waals surface area contributed by atoms with Crippen LogP contribution in [0.2, 0.25) is 0 Å². The molecule has 1 aromatic rings. The number of phenolic OH excluding ortho intramolecular Hbond substituents is 1. The van der Waals surface area contributed by atoms with Crippen LogP contribution in [0.4, 0.5) is 5.69 Å². The van der Waals surface area contributed by atoms with E-state index in [0.717, 1.165) is 0 Å². The van der Waals surface area contributed by atoms with Gasteiger partial charge in [-0.15, -0.1) is 10.2 Å². The van der Waals surface area contributed by atoms with E-state index < -0.39 is 5.97 Å². The predicted molar refractivity (Wildman–Crippen MR) is 64.6 cm³/mol. The molecule has 0 fully saturated rings. The molecule has 0 aliphatic carbocycles. The van der Waals surface area contributed by atoms with Crippen LogP contribution in [0, 0.1) is 0 Å². The normalized spacial score (nSPS) is 12.3. The Morgan fingerprint density at radius 1 is 1.39 bits per heavy atom. The van der Waals surface area contributed by atoms with E-state index in [4.69, 9.17) is 4.74 Å². The van der Waals surface area contributed by atoms with Crippen molar-refractivity contribution in [2.24, 2.45) is 10.2 Å². The van der Waals surface area contributed by atoms with Gasteiger partial charge in [-0.1, -0.05) is 12.1 Å². The van der Waals surface area contributed by atoms with Crippen molar-refractivity contribution in [2.45, 2.75) is 13.8 Å². The fourth-order valence-electron chi connectivity index (χ4n) is 1.11. The van der Waals surface area contributed by atoms with Gasteiger partial charge in [0.25, 0.3) is 0 Å². The summed E-state index contributed by atoms with van der Waals surface area (Å²) in [5, 5.41) is 26.1. The molecule has 0 saturated heterocycles. The Bertz CT molecular complexity index is 491. The number of benzene rings is 1. The van der Waals surface area contributed by atoms with Gasteiger partial charge in [0.1, 0.15) is 17.2 Å². The van der Waals surface area contributed by atoms with E-state index in [-0.39, 0.29) is 29.5 Å². The molecule has 6 nitrogen and oxygen atoms in total. The average molecular weight is 250 g/mol. The topological polar surface area (TPSA) is 91.5 Å². The summed E-state index contributed by atoms with van der Waals surface area (Å²) >= 11 is 0. The van der Waals surface area contributed by atoms with Crippen molar-refractivity contribution in [2.75, 3.05) is 6.61 Å². The Labute approximate surface area is 104 Å². The quantitative estimate of drug-likeness (QED) is 0.372. The molecule has 0 atom stereocenters. The highest BCUT2D eigenvalue weighted by Gasteiger charge is 2.14. The molecule has 6 heteroatoms. The van der Waals surface area contributed by atoms with Crippen LogP contribution in [0.15, 0.2) is 46.0 Å². The molecule has 2 N–H and O–H groups in total. The van der Waals surface area contributed by atoms with Crippen molar-refractivity contribution in [1.82, 2.24) is 0 Å². The van der Waals surface area contributed by atoms with Crippen molar-refractivity contribution in [1.29, 1.82) is 0 Å². The zero-order valence-corrected chi connectivity index (χ0v) is 10.1. The van der Waals surface area contributed by atoms with E-state index in [0.29, 0.717) is 0 Å². The molecule has 18 heavy (non-hydrogen) atoms. The first kappa shape index (κ1) is 13.7. The van der Waals surface area contributed by atoms with Gasteiger partial charge < -0.3 is 14.9 Å². The van der Waals surface area contributed by atoms with Crippen LogP contribution in [0.5, 0.6) is 5.75 Å². The molecule has 96 valence electrons. The number of nitrogens with zero attached hydrogens (tertiary/aromatic N) is 2. The maximum absolute atomic E-state index is 11.4. The zero-order valence-electron chi connectivity index (χ0n) is 10.1. The minimum Gasteiger partial charge on any atom is -0.510 e. The van der Waals surface area contributed by atoms with Crippen LogP contribution in [0.25, 0.3) is 0 Å². The predicted octanol–water partition coefficient (Wildman–Crippen LogP) is 2.83. The average Bonchev–Trinajstić information content (AvgIpc) is 2.31. The van der Waals surface area contributed by atoms with E-state index in [1.807, 2.05) is 0 Å². The maximum Gasteiger partial charge on any atom is 0.362 e. The Morgan fingerprint density at radius 3 is 2.61 bits per heavy atom. The van der Waals surface area contributed by atoms with Gasteiger partial charge in [0.05, 0.1) is 6.61 Å². The smallest absolute Gasteiger partial charge is 0.362 e. The molecule has 0 aliphatic rings. The highest BCUT2D eigenvalue weighted by Crippen LogP contribution is 2.26. The molecule has 1 rings (SSSR count). The Balaban J connectivity index is 2.96. The van der Waals surface area contributed by atoms with Gasteiger partial charge in [0.2, 0.25) is 5.70 Å². The van der Waals surface area contributed by atoms with E-state index >= 15 is 0 Å². The third kappa shape index (κ3) is 3.58. The number of aliphatic hydroxyl groups excluding tert-OH is 1. The number of carbonyl (C=O) groups is 1. The number of aliphatic hydroxyl groups is 1. The number of esters is 1. The summed E-state index contributed by atoms with van der Waals surface area (Å²) in [6, 6.07) is 6.25. The van der Waals surface area contributed by atoms with E-state index in [1.165, 1.54) is 19.1 Å². The third-order valence-corrected chi connectivity index (χ3v) is 1.95. The highest BCUT2D eigenvalue weighted by molar-refractivity contribution is 5.88. The number of para-hydroxylation sites is 1. The first-order chi connectivity index (χ1) is 8.56. The second kappa shape index (κ2) is 6.39. The summed E-state index contributed by atoms with van der Waals surface area (Å²) in [6.45, 7) is 3.11. The first-order valence-corrected chi connectivity index (χ1v) is 5.33. The summed E-state index contributed by atoms with van der Waals surface area (Å²) in [7, 11) is 0. The molecule has 0 unspecified atom stereocenters. The van der Waals surface area contributed by atoms with Crippen molar-refractivity contribution in [3.8, 4) is 5.75 Å². The van der Waals surface area contributed by atoms with Crippen LogP contribution in [-0.2, 0) is 9.53 Å². The molecule has 0 aromatic heterocycles. The molecule has 0 heterocycles. The van der Waals surface area contributed by atoms with Crippen molar-refractivity contribution in [3.63, 3.8) is 0 Å². The fourth-order valence-corrected chi connectivity index (χ4v) is 1.11. The van der Waals surface area contributed by atoms with Gasteiger partial charge in [0, 0.05) is 0 Å². The second-order valence-electron chi connectivity index (χ2n) is 3.34.